The van der Waals surface area contributed by atoms with Gasteiger partial charge in [0.1, 0.15) is 5.75 Å². The molecule has 7 nitrogen and oxygen atoms in total. The summed E-state index contributed by atoms with van der Waals surface area (Å²) in [4.78, 5) is 28.5. The lowest BCUT2D eigenvalue weighted by Crippen LogP contribution is -2.44. The number of piperidine rings is 1. The molecule has 0 saturated carbocycles. The Bertz CT molecular complexity index is 641. The fraction of sp³-hybridized carbons (Fsp3) is 0.600. The van der Waals surface area contributed by atoms with E-state index < -0.39 is 6.04 Å². The Kier molecular flexibility index (Phi) is 6.82. The van der Waals surface area contributed by atoms with Crippen LogP contribution >= 0.6 is 0 Å². The quantitative estimate of drug-likeness (QED) is 0.664. The van der Waals surface area contributed by atoms with Crippen molar-refractivity contribution >= 4 is 17.5 Å². The molecule has 0 radical (unpaired) electrons. The number of nitrogens with zero attached hydrogens (tertiary/aromatic N) is 2. The van der Waals surface area contributed by atoms with Gasteiger partial charge in [-0.25, -0.2) is 4.90 Å². The van der Waals surface area contributed by atoms with Crippen LogP contribution in [0, 0.1) is 0 Å². The number of likely N-dealkylation sites (tertiary alicyclic amines) is 1. The van der Waals surface area contributed by atoms with E-state index in [1.54, 1.807) is 24.3 Å². The number of ether oxygens (including phenoxy) is 1. The second-order valence-corrected chi connectivity index (χ2v) is 7.19. The van der Waals surface area contributed by atoms with Crippen molar-refractivity contribution in [2.45, 2.75) is 44.8 Å². The van der Waals surface area contributed by atoms with E-state index in [0.717, 1.165) is 44.6 Å². The molecule has 7 heteroatoms. The van der Waals surface area contributed by atoms with Gasteiger partial charge in [0.05, 0.1) is 30.9 Å². The predicted molar refractivity (Wildman–Crippen MR) is 103 cm³/mol. The number of hydrogen-bond donors (Lipinski definition) is 2. The van der Waals surface area contributed by atoms with Crippen molar-refractivity contribution < 1.29 is 19.4 Å². The minimum Gasteiger partial charge on any atom is -0.494 e. The number of amides is 2. The van der Waals surface area contributed by atoms with Crippen molar-refractivity contribution in [3.8, 4) is 5.75 Å². The van der Waals surface area contributed by atoms with Gasteiger partial charge in [-0.15, -0.1) is 0 Å². The van der Waals surface area contributed by atoms with Crippen LogP contribution in [-0.2, 0) is 9.59 Å². The first-order chi connectivity index (χ1) is 13.1. The molecular formula is C20H29N3O4. The van der Waals surface area contributed by atoms with Crippen molar-refractivity contribution in [1.29, 1.82) is 0 Å². The highest BCUT2D eigenvalue weighted by Crippen LogP contribution is 2.25. The first-order valence-corrected chi connectivity index (χ1v) is 9.82. The van der Waals surface area contributed by atoms with Gasteiger partial charge in [0.2, 0.25) is 5.91 Å². The summed E-state index contributed by atoms with van der Waals surface area (Å²) in [6.45, 7) is 5.89. The molecular weight excluding hydrogens is 346 g/mol. The fourth-order valence-corrected chi connectivity index (χ4v) is 3.51. The van der Waals surface area contributed by atoms with Gasteiger partial charge in [-0.05, 0) is 43.5 Å². The number of benzene rings is 1. The number of aliphatic hydroxyl groups is 1. The summed E-state index contributed by atoms with van der Waals surface area (Å²) in [5.41, 5.74) is 0.586. The van der Waals surface area contributed by atoms with Gasteiger partial charge in [0.15, 0.2) is 0 Å². The number of carbonyl (C=O) groups is 2. The molecule has 2 N–H and O–H groups in total. The molecule has 2 fully saturated rings. The van der Waals surface area contributed by atoms with Crippen molar-refractivity contribution in [2.75, 3.05) is 37.7 Å². The molecule has 2 aliphatic heterocycles. The van der Waals surface area contributed by atoms with Gasteiger partial charge in [-0.2, -0.15) is 0 Å². The molecule has 2 saturated heterocycles. The smallest absolute Gasteiger partial charge is 0.251 e. The third kappa shape index (κ3) is 5.06. The van der Waals surface area contributed by atoms with E-state index in [2.05, 4.69) is 10.2 Å². The van der Waals surface area contributed by atoms with Gasteiger partial charge in [-0.3, -0.25) is 9.59 Å². The van der Waals surface area contributed by atoms with Crippen LogP contribution < -0.4 is 15.0 Å². The predicted octanol–water partition coefficient (Wildman–Crippen LogP) is 1.15. The third-order valence-corrected chi connectivity index (χ3v) is 5.09. The molecule has 1 atom stereocenters. The van der Waals surface area contributed by atoms with Crippen LogP contribution in [0.4, 0.5) is 5.69 Å². The summed E-state index contributed by atoms with van der Waals surface area (Å²) in [5, 5.41) is 12.8. The average Bonchev–Trinajstić information content (AvgIpc) is 2.96. The molecule has 0 unspecified atom stereocenters. The number of hydrogen-bond acceptors (Lipinski definition) is 6. The third-order valence-electron chi connectivity index (χ3n) is 5.09. The molecule has 2 aliphatic rings. The molecule has 2 amide bonds. The van der Waals surface area contributed by atoms with E-state index in [9.17, 15) is 14.7 Å². The summed E-state index contributed by atoms with van der Waals surface area (Å²) in [7, 11) is 0. The molecule has 1 aromatic carbocycles. The average molecular weight is 375 g/mol. The molecule has 148 valence electrons. The summed E-state index contributed by atoms with van der Waals surface area (Å²) in [6.07, 6.45) is 2.52. The molecule has 0 bridgehead atoms. The summed E-state index contributed by atoms with van der Waals surface area (Å²) >= 11 is 0. The van der Waals surface area contributed by atoms with Crippen LogP contribution in [0.2, 0.25) is 0 Å². The molecule has 1 aromatic rings. The van der Waals surface area contributed by atoms with Crippen molar-refractivity contribution in [2.24, 2.45) is 0 Å². The van der Waals surface area contributed by atoms with E-state index in [1.807, 2.05) is 6.92 Å². The van der Waals surface area contributed by atoms with Crippen LogP contribution in [0.3, 0.4) is 0 Å². The lowest BCUT2D eigenvalue weighted by molar-refractivity contribution is -0.121. The number of aliphatic hydroxyl groups excluding tert-OH is 1. The molecule has 0 aliphatic carbocycles. The number of carbonyl (C=O) groups excluding carboxylic acids is 2. The minimum absolute atomic E-state index is 0.180. The van der Waals surface area contributed by atoms with E-state index in [-0.39, 0.29) is 24.3 Å². The second kappa shape index (κ2) is 9.30. The van der Waals surface area contributed by atoms with Crippen molar-refractivity contribution in [1.82, 2.24) is 10.2 Å². The van der Waals surface area contributed by atoms with E-state index in [0.29, 0.717) is 18.8 Å². The highest BCUT2D eigenvalue weighted by Gasteiger charge is 2.39. The van der Waals surface area contributed by atoms with E-state index in [1.165, 1.54) is 4.90 Å². The number of nitrogens with one attached hydrogen (secondary N) is 1. The largest absolute Gasteiger partial charge is 0.494 e. The zero-order valence-corrected chi connectivity index (χ0v) is 15.9. The number of rotatable bonds is 8. The first-order valence-electron chi connectivity index (χ1n) is 9.82. The zero-order chi connectivity index (χ0) is 19.2. The Hall–Kier alpha value is -1.96. The maximum absolute atomic E-state index is 12.7. The van der Waals surface area contributed by atoms with E-state index in [4.69, 9.17) is 4.74 Å². The molecule has 27 heavy (non-hydrogen) atoms. The normalized spacial score (nSPS) is 21.9. The maximum Gasteiger partial charge on any atom is 0.251 e. The van der Waals surface area contributed by atoms with Crippen molar-refractivity contribution in [3.05, 3.63) is 24.3 Å². The van der Waals surface area contributed by atoms with Gasteiger partial charge in [0, 0.05) is 26.2 Å². The Balaban J connectivity index is 1.50. The molecule has 3 rings (SSSR count). The van der Waals surface area contributed by atoms with Gasteiger partial charge >= 0.3 is 0 Å². The zero-order valence-electron chi connectivity index (χ0n) is 15.9. The number of anilines is 1. The molecule has 2 heterocycles. The Morgan fingerprint density at radius 2 is 1.89 bits per heavy atom. The lowest BCUT2D eigenvalue weighted by Gasteiger charge is -2.29. The fourth-order valence-electron chi connectivity index (χ4n) is 3.51. The lowest BCUT2D eigenvalue weighted by atomic mass is 10.1. The first kappa shape index (κ1) is 19.8. The van der Waals surface area contributed by atoms with Crippen LogP contribution in [0.15, 0.2) is 24.3 Å². The van der Waals surface area contributed by atoms with Crippen molar-refractivity contribution in [3.63, 3.8) is 0 Å². The van der Waals surface area contributed by atoms with Crippen LogP contribution in [0.25, 0.3) is 0 Å². The Morgan fingerprint density at radius 3 is 2.56 bits per heavy atom. The van der Waals surface area contributed by atoms with Crippen LogP contribution in [0.1, 0.15) is 32.6 Å². The standard InChI is InChI=1S/C20H29N3O4/c1-2-13-27-17-5-3-15(4-6-17)23-19(25)14-18(20(23)26)21-9-12-22-10-7-16(24)8-11-22/h3-6,16,18,21,24H,2,7-14H2,1H3/t18-/m0/s1. The Labute approximate surface area is 160 Å². The van der Waals surface area contributed by atoms with Gasteiger partial charge < -0.3 is 20.1 Å². The number of imide groups is 1. The van der Waals surface area contributed by atoms with Gasteiger partial charge in [-0.1, -0.05) is 6.92 Å². The molecule has 0 spiro atoms. The minimum atomic E-state index is -0.469. The summed E-state index contributed by atoms with van der Waals surface area (Å²) < 4.78 is 5.54. The van der Waals surface area contributed by atoms with Crippen LogP contribution in [-0.4, -0.2) is 66.8 Å². The topological polar surface area (TPSA) is 82.1 Å². The molecule has 0 aromatic heterocycles. The SMILES string of the molecule is CCCOc1ccc(N2C(=O)C[C@H](NCCN3CCC(O)CC3)C2=O)cc1. The summed E-state index contributed by atoms with van der Waals surface area (Å²) in [5.74, 6) is 0.359. The second-order valence-electron chi connectivity index (χ2n) is 7.19. The summed E-state index contributed by atoms with van der Waals surface area (Å²) in [6, 6.07) is 6.61. The highest BCUT2D eigenvalue weighted by molar-refractivity contribution is 6.22. The van der Waals surface area contributed by atoms with E-state index >= 15 is 0 Å². The monoisotopic (exact) mass is 375 g/mol. The maximum atomic E-state index is 12.7. The van der Waals surface area contributed by atoms with Gasteiger partial charge in [0.25, 0.3) is 5.91 Å². The highest BCUT2D eigenvalue weighted by atomic mass is 16.5. The van der Waals surface area contributed by atoms with Crippen LogP contribution in [0.5, 0.6) is 5.75 Å². The Morgan fingerprint density at radius 1 is 1.19 bits per heavy atom.